The summed E-state index contributed by atoms with van der Waals surface area (Å²) in [5.74, 6) is 0.0431. The van der Waals surface area contributed by atoms with Crippen molar-refractivity contribution in [3.05, 3.63) is 184 Å². The zero-order chi connectivity index (χ0) is 41.9. The van der Waals surface area contributed by atoms with Crippen LogP contribution >= 0.6 is 0 Å². The fraction of sp³-hybridized carbons (Fsp3) is 0.229. The summed E-state index contributed by atoms with van der Waals surface area (Å²) in [4.78, 5) is 30.3. The van der Waals surface area contributed by atoms with Gasteiger partial charge in [-0.3, -0.25) is 0 Å². The molecule has 1 aliphatic heterocycles. The molecule has 0 saturated heterocycles. The largest absolute Gasteiger partial charge is 0.519 e. The highest BCUT2D eigenvalue weighted by molar-refractivity contribution is 6.38. The van der Waals surface area contributed by atoms with Crippen LogP contribution in [0.3, 0.4) is 0 Å². The predicted molar refractivity (Wildman–Crippen MR) is 226 cm³/mol. The van der Waals surface area contributed by atoms with Gasteiger partial charge in [0.2, 0.25) is 11.8 Å². The molecule has 0 radical (unpaired) electrons. The lowest BCUT2D eigenvalue weighted by atomic mass is 9.77. The number of amidine groups is 1. The molecule has 0 fully saturated rings. The number of aryl methyl sites for hydroxylation is 1. The van der Waals surface area contributed by atoms with Gasteiger partial charge in [0.15, 0.2) is 24.0 Å². The number of aromatic nitrogens is 4. The van der Waals surface area contributed by atoms with E-state index < -0.39 is 29.0 Å². The minimum atomic E-state index is -1.37. The number of tetrazole rings is 1. The monoisotopic (exact) mass is 801 g/mol. The highest BCUT2D eigenvalue weighted by Crippen LogP contribution is 2.43. The number of benzene rings is 5. The van der Waals surface area contributed by atoms with Gasteiger partial charge in [-0.15, -0.1) is 5.10 Å². The summed E-state index contributed by atoms with van der Waals surface area (Å²) in [6.45, 7) is 6.81. The molecule has 0 aliphatic carbocycles. The van der Waals surface area contributed by atoms with Crippen molar-refractivity contribution >= 4 is 17.5 Å². The molecule has 1 N–H and O–H groups in total. The number of aliphatic hydroxyl groups is 1. The van der Waals surface area contributed by atoms with Crippen LogP contribution in [0.15, 0.2) is 158 Å². The van der Waals surface area contributed by atoms with E-state index in [1.54, 1.807) is 20.8 Å². The Hall–Kier alpha value is -7.05. The molecular formula is C48H45N6O6+. The predicted octanol–water partition coefficient (Wildman–Crippen LogP) is 7.75. The molecule has 302 valence electrons. The summed E-state index contributed by atoms with van der Waals surface area (Å²) in [5.41, 5.74) is 4.52. The molecule has 0 amide bonds. The van der Waals surface area contributed by atoms with Gasteiger partial charge < -0.3 is 18.7 Å². The molecule has 12 heteroatoms. The summed E-state index contributed by atoms with van der Waals surface area (Å²) in [6.07, 6.45) is 1.35. The summed E-state index contributed by atoms with van der Waals surface area (Å²) in [5, 5.41) is 25.0. The quantitative estimate of drug-likeness (QED) is 0.0662. The van der Waals surface area contributed by atoms with Crippen LogP contribution in [0, 0.1) is 6.92 Å². The van der Waals surface area contributed by atoms with Gasteiger partial charge in [-0.1, -0.05) is 151 Å². The van der Waals surface area contributed by atoms with E-state index in [-0.39, 0.29) is 23.8 Å². The molecule has 2 aromatic heterocycles. The molecule has 1 atom stereocenters. The van der Waals surface area contributed by atoms with Crippen LogP contribution in [0.4, 0.5) is 0 Å². The number of rotatable bonds is 14. The first-order chi connectivity index (χ1) is 29.1. The second-order valence-electron chi connectivity index (χ2n) is 15.3. The minimum Gasteiger partial charge on any atom is -0.451 e. The van der Waals surface area contributed by atoms with Crippen LogP contribution < -0.4 is 5.82 Å². The molecule has 0 bridgehead atoms. The van der Waals surface area contributed by atoms with Gasteiger partial charge in [-0.05, 0) is 71.0 Å². The van der Waals surface area contributed by atoms with Crippen LogP contribution in [-0.2, 0) is 28.2 Å². The number of carbonyl (C=O) groups is 1. The zero-order valence-electron chi connectivity index (χ0n) is 33.9. The van der Waals surface area contributed by atoms with Crippen molar-refractivity contribution in [2.75, 3.05) is 0 Å². The average Bonchev–Trinajstić information content (AvgIpc) is 3.99. The van der Waals surface area contributed by atoms with E-state index in [0.717, 1.165) is 45.4 Å². The Balaban J connectivity index is 1.18. The molecule has 1 aliphatic rings. The van der Waals surface area contributed by atoms with Gasteiger partial charge in [0.25, 0.3) is 5.84 Å². The maximum Gasteiger partial charge on any atom is 0.519 e. The van der Waals surface area contributed by atoms with E-state index in [2.05, 4.69) is 47.7 Å². The Morgan fingerprint density at radius 2 is 1.37 bits per heavy atom. The summed E-state index contributed by atoms with van der Waals surface area (Å²) < 4.78 is 19.4. The van der Waals surface area contributed by atoms with Crippen molar-refractivity contribution in [2.45, 2.75) is 70.9 Å². The molecule has 12 nitrogen and oxygen atoms in total. The fourth-order valence-electron chi connectivity index (χ4n) is 7.98. The number of ether oxygens (including phenoxy) is 1. The van der Waals surface area contributed by atoms with Crippen LogP contribution in [0.25, 0.3) is 22.5 Å². The number of hydrogen-bond acceptors (Lipinski definition) is 10. The van der Waals surface area contributed by atoms with E-state index in [1.807, 2.05) is 113 Å². The van der Waals surface area contributed by atoms with Crippen molar-refractivity contribution < 1.29 is 28.0 Å². The summed E-state index contributed by atoms with van der Waals surface area (Å²) in [6, 6.07) is 46.2. The first kappa shape index (κ1) is 39.8. The van der Waals surface area contributed by atoms with E-state index >= 15 is 0 Å². The average molecular weight is 802 g/mol. The molecule has 1 unspecified atom stereocenters. The lowest BCUT2D eigenvalue weighted by Gasteiger charge is -2.36. The number of esters is 1. The molecule has 60 heavy (non-hydrogen) atoms. The Bertz CT molecular complexity index is 2630. The highest BCUT2D eigenvalue weighted by Gasteiger charge is 2.50. The molecule has 7 aromatic rings. The molecular weight excluding hydrogens is 757 g/mol. The third kappa shape index (κ3) is 7.53. The van der Waals surface area contributed by atoms with Gasteiger partial charge in [0.1, 0.15) is 17.7 Å². The molecule has 8 rings (SSSR count). The Morgan fingerprint density at radius 3 is 1.90 bits per heavy atom. The van der Waals surface area contributed by atoms with Crippen molar-refractivity contribution in [2.24, 2.45) is 4.99 Å². The van der Waals surface area contributed by atoms with Crippen molar-refractivity contribution in [1.82, 2.24) is 20.2 Å². The second kappa shape index (κ2) is 16.7. The van der Waals surface area contributed by atoms with Crippen LogP contribution in [-0.4, -0.2) is 59.0 Å². The summed E-state index contributed by atoms with van der Waals surface area (Å²) >= 11 is 0. The van der Waals surface area contributed by atoms with Gasteiger partial charge in [-0.2, -0.15) is 0 Å². The Morgan fingerprint density at radius 1 is 0.800 bits per heavy atom. The molecule has 3 heterocycles. The maximum absolute atomic E-state index is 13.8. The van der Waals surface area contributed by atoms with Crippen molar-refractivity contribution in [3.63, 3.8) is 0 Å². The van der Waals surface area contributed by atoms with Gasteiger partial charge in [0, 0.05) is 5.56 Å². The number of aliphatic imine (C=N–C) groups is 1. The fourth-order valence-corrected chi connectivity index (χ4v) is 7.98. The highest BCUT2D eigenvalue weighted by atomic mass is 16.6. The number of nitrogens with zero attached hydrogens (tertiary/aromatic N) is 6. The normalized spacial score (nSPS) is 14.3. The summed E-state index contributed by atoms with van der Waals surface area (Å²) in [7, 11) is 0. The third-order valence-electron chi connectivity index (χ3n) is 10.8. The van der Waals surface area contributed by atoms with Gasteiger partial charge in [-0.25, -0.2) is 18.8 Å². The molecule has 0 saturated carbocycles. The maximum atomic E-state index is 13.8. The molecule has 5 aromatic carbocycles. The number of hydrogen-bond donors (Lipinski definition) is 1. The van der Waals surface area contributed by atoms with Gasteiger partial charge >= 0.3 is 11.8 Å². The van der Waals surface area contributed by atoms with E-state index in [9.17, 15) is 14.7 Å². The van der Waals surface area contributed by atoms with Crippen LogP contribution in [0.1, 0.15) is 67.4 Å². The number of carbonyl (C=O) groups excluding carboxylic acids is 1. The van der Waals surface area contributed by atoms with E-state index in [4.69, 9.17) is 28.9 Å². The van der Waals surface area contributed by atoms with Crippen LogP contribution in [0.2, 0.25) is 0 Å². The molecule has 0 spiro atoms. The van der Waals surface area contributed by atoms with E-state index in [1.165, 1.54) is 0 Å². The van der Waals surface area contributed by atoms with Gasteiger partial charge in [0.05, 0.1) is 6.42 Å². The lowest BCUT2D eigenvalue weighted by molar-refractivity contribution is -0.426. The Labute approximate surface area is 347 Å². The minimum absolute atomic E-state index is 0.115. The third-order valence-corrected chi connectivity index (χ3v) is 10.8. The standard InChI is InChI=1S/C48H45N6O6/c1-5-17-41-49-43(47(3,4)57)42(45(55)58-31-40-32(2)59-46(56)60-40)53(41)30-33-26-28-34(29-27-33)38-24-15-16-25-39(38)44-50-51-52-54(44)48(35-18-9-6-10-19-35,36-20-11-7-12-21-36)37-22-13-8-14-23-37/h6-16,18-29,43,57H,5,17,30-31H2,1-4H3/q+1. The first-order valence-electron chi connectivity index (χ1n) is 19.9. The smallest absolute Gasteiger partial charge is 0.451 e. The van der Waals surface area contributed by atoms with E-state index in [0.29, 0.717) is 24.6 Å². The lowest BCUT2D eigenvalue weighted by Crippen LogP contribution is -2.45. The van der Waals surface area contributed by atoms with Crippen molar-refractivity contribution in [3.8, 4) is 22.5 Å². The van der Waals surface area contributed by atoms with Crippen LogP contribution in [0.5, 0.6) is 0 Å². The second-order valence-corrected chi connectivity index (χ2v) is 15.3. The topological polar surface area (TPSA) is 149 Å². The Kier molecular flexibility index (Phi) is 11.0. The first-order valence-corrected chi connectivity index (χ1v) is 19.9. The SMILES string of the molecule is CCCC1=NC(C(C)(C)O)C(C(=O)OCc2oc(=O)oc2C)=[N+]1Cc1ccc(-c2ccccc2-c2nnnn2C(c2ccccc2)(c2ccccc2)c2ccccc2)cc1. The zero-order valence-corrected chi connectivity index (χ0v) is 33.9. The van der Waals surface area contributed by atoms with Crippen molar-refractivity contribution in [1.29, 1.82) is 0 Å².